The van der Waals surface area contributed by atoms with Crippen molar-refractivity contribution < 1.29 is 9.53 Å². The average Bonchev–Trinajstić information content (AvgIpc) is 2.55. The number of nitrogens with one attached hydrogen (secondary N) is 1. The fraction of sp³-hybridized carbons (Fsp3) is 0.176. The lowest BCUT2D eigenvalue weighted by Crippen LogP contribution is -2.30. The summed E-state index contributed by atoms with van der Waals surface area (Å²) < 4.78 is 5.58. The van der Waals surface area contributed by atoms with Crippen molar-refractivity contribution >= 4 is 12.0 Å². The van der Waals surface area contributed by atoms with Gasteiger partial charge in [-0.3, -0.25) is 9.78 Å². The highest BCUT2D eigenvalue weighted by atomic mass is 16.5. The van der Waals surface area contributed by atoms with Crippen LogP contribution in [0.5, 0.6) is 5.75 Å². The molecule has 0 bridgehead atoms. The molecule has 1 aliphatic rings. The predicted octanol–water partition coefficient (Wildman–Crippen LogP) is 2.22. The van der Waals surface area contributed by atoms with Gasteiger partial charge in [0, 0.05) is 30.4 Å². The molecule has 0 fully saturated rings. The minimum absolute atomic E-state index is 0.0829. The summed E-state index contributed by atoms with van der Waals surface area (Å²) in [4.78, 5) is 16.3. The molecule has 2 heterocycles. The van der Waals surface area contributed by atoms with Crippen molar-refractivity contribution in [2.24, 2.45) is 0 Å². The van der Waals surface area contributed by atoms with E-state index in [0.717, 1.165) is 23.4 Å². The lowest BCUT2D eigenvalue weighted by Gasteiger charge is -2.17. The molecule has 1 aromatic heterocycles. The van der Waals surface area contributed by atoms with Gasteiger partial charge in [0.2, 0.25) is 0 Å². The van der Waals surface area contributed by atoms with Crippen molar-refractivity contribution in [2.75, 3.05) is 13.2 Å². The SMILES string of the molecule is O=C(NCCc1ccccn1)C1=Cc2ccccc2OC1. The fourth-order valence-electron chi connectivity index (χ4n) is 2.21. The first-order valence-electron chi connectivity index (χ1n) is 6.93. The zero-order valence-electron chi connectivity index (χ0n) is 11.6. The van der Waals surface area contributed by atoms with Crippen LogP contribution in [-0.4, -0.2) is 24.0 Å². The normalized spacial score (nSPS) is 12.9. The van der Waals surface area contributed by atoms with Crippen LogP contribution in [0.1, 0.15) is 11.3 Å². The van der Waals surface area contributed by atoms with Crippen LogP contribution in [0.4, 0.5) is 0 Å². The largest absolute Gasteiger partial charge is 0.488 e. The molecule has 0 atom stereocenters. The number of carbonyl (C=O) groups excluding carboxylic acids is 1. The average molecular weight is 280 g/mol. The van der Waals surface area contributed by atoms with Crippen LogP contribution >= 0.6 is 0 Å². The molecule has 0 radical (unpaired) electrons. The van der Waals surface area contributed by atoms with E-state index in [1.165, 1.54) is 0 Å². The second-order valence-electron chi connectivity index (χ2n) is 4.82. The Morgan fingerprint density at radius 2 is 2.05 bits per heavy atom. The van der Waals surface area contributed by atoms with Crippen LogP contribution in [0, 0.1) is 0 Å². The zero-order chi connectivity index (χ0) is 14.5. The Labute approximate surface area is 123 Å². The Balaban J connectivity index is 1.58. The van der Waals surface area contributed by atoms with Gasteiger partial charge in [-0.05, 0) is 24.3 Å². The quantitative estimate of drug-likeness (QED) is 0.934. The van der Waals surface area contributed by atoms with Gasteiger partial charge in [-0.15, -0.1) is 0 Å². The maximum absolute atomic E-state index is 12.1. The number of aromatic nitrogens is 1. The molecule has 0 spiro atoms. The number of pyridine rings is 1. The highest BCUT2D eigenvalue weighted by Crippen LogP contribution is 2.25. The Morgan fingerprint density at radius 1 is 1.19 bits per heavy atom. The molecule has 0 saturated heterocycles. The Hall–Kier alpha value is -2.62. The zero-order valence-corrected chi connectivity index (χ0v) is 11.6. The van der Waals surface area contributed by atoms with Crippen LogP contribution in [0.3, 0.4) is 0 Å². The summed E-state index contributed by atoms with van der Waals surface area (Å²) >= 11 is 0. The highest BCUT2D eigenvalue weighted by Gasteiger charge is 2.16. The molecule has 106 valence electrons. The standard InChI is InChI=1S/C17H16N2O2/c20-17(19-10-8-15-6-3-4-9-18-15)14-11-13-5-1-2-7-16(13)21-12-14/h1-7,9,11H,8,10,12H2,(H,19,20). The van der Waals surface area contributed by atoms with Crippen molar-refractivity contribution in [1.82, 2.24) is 10.3 Å². The number of ether oxygens (including phenoxy) is 1. The molecule has 0 aliphatic carbocycles. The molecule has 21 heavy (non-hydrogen) atoms. The number of nitrogens with zero attached hydrogens (tertiary/aromatic N) is 1. The van der Waals surface area contributed by atoms with Gasteiger partial charge in [0.1, 0.15) is 12.4 Å². The molecule has 0 saturated carbocycles. The Morgan fingerprint density at radius 3 is 2.90 bits per heavy atom. The summed E-state index contributed by atoms with van der Waals surface area (Å²) in [5, 5.41) is 2.90. The monoisotopic (exact) mass is 280 g/mol. The van der Waals surface area contributed by atoms with Crippen LogP contribution in [0.2, 0.25) is 0 Å². The third-order valence-electron chi connectivity index (χ3n) is 3.32. The summed E-state index contributed by atoms with van der Waals surface area (Å²) in [6.07, 6.45) is 4.36. The number of hydrogen-bond donors (Lipinski definition) is 1. The molecule has 3 rings (SSSR count). The number of rotatable bonds is 4. The molecule has 4 nitrogen and oxygen atoms in total. The smallest absolute Gasteiger partial charge is 0.250 e. The van der Waals surface area contributed by atoms with Crippen LogP contribution in [-0.2, 0) is 11.2 Å². The summed E-state index contributed by atoms with van der Waals surface area (Å²) in [5.74, 6) is 0.739. The molecule has 1 aliphatic heterocycles. The topological polar surface area (TPSA) is 51.2 Å². The maximum atomic E-state index is 12.1. The molecule has 2 aromatic rings. The van der Waals surface area contributed by atoms with Gasteiger partial charge in [0.05, 0.1) is 5.57 Å². The van der Waals surface area contributed by atoms with Crippen LogP contribution < -0.4 is 10.1 Å². The number of amides is 1. The third-order valence-corrected chi connectivity index (χ3v) is 3.32. The van der Waals surface area contributed by atoms with Gasteiger partial charge in [-0.2, -0.15) is 0 Å². The van der Waals surface area contributed by atoms with Crippen LogP contribution in [0.15, 0.2) is 54.2 Å². The van der Waals surface area contributed by atoms with Gasteiger partial charge in [0.15, 0.2) is 0 Å². The molecule has 0 unspecified atom stereocenters. The van der Waals surface area contributed by atoms with E-state index in [1.807, 2.05) is 48.5 Å². The van der Waals surface area contributed by atoms with Crippen molar-refractivity contribution in [1.29, 1.82) is 0 Å². The molecular weight excluding hydrogens is 264 g/mol. The van der Waals surface area contributed by atoms with Crippen molar-refractivity contribution in [3.63, 3.8) is 0 Å². The van der Waals surface area contributed by atoms with Gasteiger partial charge in [0.25, 0.3) is 5.91 Å². The molecular formula is C17H16N2O2. The number of para-hydroxylation sites is 1. The van der Waals surface area contributed by atoms with E-state index < -0.39 is 0 Å². The first kappa shape index (κ1) is 13.4. The van der Waals surface area contributed by atoms with Crippen LogP contribution in [0.25, 0.3) is 6.08 Å². The van der Waals surface area contributed by atoms with Gasteiger partial charge >= 0.3 is 0 Å². The minimum atomic E-state index is -0.0829. The summed E-state index contributed by atoms with van der Waals surface area (Å²) in [5.41, 5.74) is 2.56. The van der Waals surface area contributed by atoms with Gasteiger partial charge in [-0.1, -0.05) is 24.3 Å². The summed E-state index contributed by atoms with van der Waals surface area (Å²) in [6, 6.07) is 13.5. The second-order valence-corrected chi connectivity index (χ2v) is 4.82. The number of benzene rings is 1. The molecule has 4 heteroatoms. The fourth-order valence-corrected chi connectivity index (χ4v) is 2.21. The Bertz CT molecular complexity index is 666. The number of carbonyl (C=O) groups is 1. The second kappa shape index (κ2) is 6.22. The van der Waals surface area contributed by atoms with E-state index in [4.69, 9.17) is 4.74 Å². The van der Waals surface area contributed by atoms with E-state index in [9.17, 15) is 4.79 Å². The Kier molecular flexibility index (Phi) is 3.96. The minimum Gasteiger partial charge on any atom is -0.488 e. The summed E-state index contributed by atoms with van der Waals surface area (Å²) in [6.45, 7) is 0.876. The van der Waals surface area contributed by atoms with E-state index in [1.54, 1.807) is 6.20 Å². The van der Waals surface area contributed by atoms with E-state index in [0.29, 0.717) is 18.7 Å². The summed E-state index contributed by atoms with van der Waals surface area (Å²) in [7, 11) is 0. The lowest BCUT2D eigenvalue weighted by molar-refractivity contribution is -0.117. The first-order valence-corrected chi connectivity index (χ1v) is 6.93. The lowest BCUT2D eigenvalue weighted by atomic mass is 10.1. The predicted molar refractivity (Wildman–Crippen MR) is 80.9 cm³/mol. The van der Waals surface area contributed by atoms with Crippen molar-refractivity contribution in [3.8, 4) is 5.75 Å². The van der Waals surface area contributed by atoms with Gasteiger partial charge in [-0.25, -0.2) is 0 Å². The molecule has 1 aromatic carbocycles. The number of hydrogen-bond acceptors (Lipinski definition) is 3. The van der Waals surface area contributed by atoms with Crippen molar-refractivity contribution in [2.45, 2.75) is 6.42 Å². The van der Waals surface area contributed by atoms with E-state index in [-0.39, 0.29) is 5.91 Å². The molecule has 1 N–H and O–H groups in total. The highest BCUT2D eigenvalue weighted by molar-refractivity contribution is 5.99. The number of fused-ring (bicyclic) bond motifs is 1. The first-order chi connectivity index (χ1) is 10.3. The third kappa shape index (κ3) is 3.28. The van der Waals surface area contributed by atoms with Crippen molar-refractivity contribution in [3.05, 3.63) is 65.5 Å². The van der Waals surface area contributed by atoms with E-state index >= 15 is 0 Å². The molecule has 1 amide bonds. The maximum Gasteiger partial charge on any atom is 0.250 e. The van der Waals surface area contributed by atoms with E-state index in [2.05, 4.69) is 10.3 Å². The van der Waals surface area contributed by atoms with Gasteiger partial charge < -0.3 is 10.1 Å².